The molecule has 3 atom stereocenters. The fourth-order valence-electron chi connectivity index (χ4n) is 3.22. The Hall–Kier alpha value is -1.11. The van der Waals surface area contributed by atoms with E-state index < -0.39 is 12.1 Å². The molecule has 1 aliphatic carbocycles. The minimum absolute atomic E-state index is 0.0193. The third-order valence-corrected chi connectivity index (χ3v) is 4.33. The maximum absolute atomic E-state index is 13.0. The average Bonchev–Trinajstić information content (AvgIpc) is 2.85. The van der Waals surface area contributed by atoms with Gasteiger partial charge in [-0.15, -0.1) is 5.10 Å². The third-order valence-electron chi connectivity index (χ3n) is 4.33. The van der Waals surface area contributed by atoms with E-state index in [9.17, 15) is 13.2 Å². The van der Waals surface area contributed by atoms with Gasteiger partial charge >= 0.3 is 6.18 Å². The zero-order chi connectivity index (χ0) is 15.5. The smallest absolute Gasteiger partial charge is 0.308 e. The van der Waals surface area contributed by atoms with Crippen LogP contribution in [0.1, 0.15) is 50.8 Å². The largest absolute Gasteiger partial charge is 0.391 e. The molecule has 2 rings (SSSR count). The first kappa shape index (κ1) is 16.3. The van der Waals surface area contributed by atoms with Crippen molar-refractivity contribution in [2.24, 2.45) is 18.9 Å². The van der Waals surface area contributed by atoms with Crippen LogP contribution in [0.25, 0.3) is 0 Å². The molecule has 21 heavy (non-hydrogen) atoms. The second-order valence-corrected chi connectivity index (χ2v) is 5.88. The predicted octanol–water partition coefficient (Wildman–Crippen LogP) is 3.22. The second kappa shape index (κ2) is 6.77. The summed E-state index contributed by atoms with van der Waals surface area (Å²) in [6.45, 7) is 2.83. The van der Waals surface area contributed by atoms with Crippen molar-refractivity contribution in [2.75, 3.05) is 6.54 Å². The number of nitrogens with one attached hydrogen (secondary N) is 1. The van der Waals surface area contributed by atoms with Crippen molar-refractivity contribution in [3.8, 4) is 0 Å². The fraction of sp³-hybridized carbons (Fsp3) is 0.857. The molecule has 0 spiro atoms. The van der Waals surface area contributed by atoms with E-state index in [-0.39, 0.29) is 24.8 Å². The normalized spacial score (nSPS) is 25.0. The molecule has 0 radical (unpaired) electrons. The number of hydrogen-bond acceptors (Lipinski definition) is 3. The number of rotatable bonds is 5. The molecule has 1 heterocycles. The Morgan fingerprint density at radius 2 is 2.19 bits per heavy atom. The van der Waals surface area contributed by atoms with Gasteiger partial charge < -0.3 is 5.32 Å². The second-order valence-electron chi connectivity index (χ2n) is 5.88. The lowest BCUT2D eigenvalue weighted by molar-refractivity contribution is -0.186. The minimum atomic E-state index is -4.08. The number of aryl methyl sites for hydroxylation is 1. The highest BCUT2D eigenvalue weighted by Crippen LogP contribution is 2.43. The summed E-state index contributed by atoms with van der Waals surface area (Å²) in [5.41, 5.74) is 0.872. The summed E-state index contributed by atoms with van der Waals surface area (Å²) in [5.74, 6) is -1.20. The van der Waals surface area contributed by atoms with Gasteiger partial charge in [0, 0.05) is 7.05 Å². The molecule has 0 bridgehead atoms. The topological polar surface area (TPSA) is 42.7 Å². The summed E-state index contributed by atoms with van der Waals surface area (Å²) in [5, 5.41) is 11.2. The Morgan fingerprint density at radius 1 is 1.43 bits per heavy atom. The van der Waals surface area contributed by atoms with Gasteiger partial charge in [-0.3, -0.25) is 4.68 Å². The molecule has 7 heteroatoms. The highest BCUT2D eigenvalue weighted by Gasteiger charge is 2.44. The summed E-state index contributed by atoms with van der Waals surface area (Å²) < 4.78 is 40.7. The summed E-state index contributed by atoms with van der Waals surface area (Å²) in [6.07, 6.45) is 0.407. The first-order valence-corrected chi connectivity index (χ1v) is 7.58. The van der Waals surface area contributed by atoms with E-state index in [4.69, 9.17) is 0 Å². The first-order chi connectivity index (χ1) is 9.93. The van der Waals surface area contributed by atoms with Crippen molar-refractivity contribution in [3.05, 3.63) is 11.9 Å². The summed E-state index contributed by atoms with van der Waals surface area (Å²) in [4.78, 5) is 0. The fourth-order valence-corrected chi connectivity index (χ4v) is 3.22. The predicted molar refractivity (Wildman–Crippen MR) is 73.5 cm³/mol. The Balaban J connectivity index is 2.15. The lowest BCUT2D eigenvalue weighted by atomic mass is 9.76. The van der Waals surface area contributed by atoms with Crippen LogP contribution in [0.3, 0.4) is 0 Å². The Morgan fingerprint density at radius 3 is 2.76 bits per heavy atom. The van der Waals surface area contributed by atoms with Crippen LogP contribution in [0.4, 0.5) is 13.2 Å². The van der Waals surface area contributed by atoms with E-state index >= 15 is 0 Å². The van der Waals surface area contributed by atoms with Gasteiger partial charge in [-0.1, -0.05) is 18.6 Å². The molecule has 1 saturated carbocycles. The van der Waals surface area contributed by atoms with Crippen molar-refractivity contribution < 1.29 is 13.2 Å². The van der Waals surface area contributed by atoms with E-state index in [0.29, 0.717) is 6.42 Å². The number of alkyl halides is 3. The summed E-state index contributed by atoms with van der Waals surface area (Å²) in [7, 11) is 1.78. The van der Waals surface area contributed by atoms with Crippen LogP contribution < -0.4 is 5.32 Å². The van der Waals surface area contributed by atoms with Crippen LogP contribution in [0.15, 0.2) is 6.20 Å². The highest BCUT2D eigenvalue weighted by atomic mass is 19.4. The number of aromatic nitrogens is 3. The molecule has 1 N–H and O–H groups in total. The quantitative estimate of drug-likeness (QED) is 0.908. The van der Waals surface area contributed by atoms with E-state index in [1.807, 2.05) is 6.92 Å². The summed E-state index contributed by atoms with van der Waals surface area (Å²) >= 11 is 0. The molecule has 1 aliphatic rings. The van der Waals surface area contributed by atoms with Crippen LogP contribution in [-0.4, -0.2) is 27.7 Å². The van der Waals surface area contributed by atoms with Gasteiger partial charge in [-0.2, -0.15) is 13.2 Å². The molecule has 1 aromatic heterocycles. The monoisotopic (exact) mass is 304 g/mol. The standard InChI is InChI=1S/C14H23F3N4/c1-3-7-18-13(12-9-19-20-21(12)2)10-5-4-6-11(8-10)14(15,16)17/h9-11,13,18H,3-8H2,1-2H3. The molecule has 0 aromatic carbocycles. The van der Waals surface area contributed by atoms with E-state index in [0.717, 1.165) is 25.1 Å². The Kier molecular flexibility index (Phi) is 5.24. The molecule has 0 aliphatic heterocycles. The molecule has 120 valence electrons. The van der Waals surface area contributed by atoms with Crippen molar-refractivity contribution in [1.82, 2.24) is 20.3 Å². The van der Waals surface area contributed by atoms with Gasteiger partial charge in [0.25, 0.3) is 0 Å². The maximum Gasteiger partial charge on any atom is 0.391 e. The number of nitrogens with zero attached hydrogens (tertiary/aromatic N) is 3. The van der Waals surface area contributed by atoms with Crippen molar-refractivity contribution >= 4 is 0 Å². The maximum atomic E-state index is 13.0. The zero-order valence-electron chi connectivity index (χ0n) is 12.5. The first-order valence-electron chi connectivity index (χ1n) is 7.58. The van der Waals surface area contributed by atoms with Crippen LogP contribution in [0.2, 0.25) is 0 Å². The highest BCUT2D eigenvalue weighted by molar-refractivity contribution is 5.05. The van der Waals surface area contributed by atoms with Gasteiger partial charge in [0.1, 0.15) is 0 Å². The zero-order valence-corrected chi connectivity index (χ0v) is 12.5. The van der Waals surface area contributed by atoms with E-state index in [1.54, 1.807) is 17.9 Å². The molecule has 1 fully saturated rings. The van der Waals surface area contributed by atoms with Gasteiger partial charge in [0.15, 0.2) is 0 Å². The Labute approximate surface area is 123 Å². The van der Waals surface area contributed by atoms with Crippen LogP contribution in [0, 0.1) is 11.8 Å². The number of hydrogen-bond donors (Lipinski definition) is 1. The molecular formula is C14H23F3N4. The van der Waals surface area contributed by atoms with Gasteiger partial charge in [0.2, 0.25) is 0 Å². The van der Waals surface area contributed by atoms with Gasteiger partial charge in [0.05, 0.1) is 23.9 Å². The van der Waals surface area contributed by atoms with E-state index in [2.05, 4.69) is 15.6 Å². The van der Waals surface area contributed by atoms with Crippen LogP contribution in [-0.2, 0) is 7.05 Å². The summed E-state index contributed by atoms with van der Waals surface area (Å²) in [6, 6.07) is -0.102. The van der Waals surface area contributed by atoms with Crippen molar-refractivity contribution in [3.63, 3.8) is 0 Å². The van der Waals surface area contributed by atoms with Crippen molar-refractivity contribution in [2.45, 2.75) is 51.2 Å². The molecule has 1 aromatic rings. The van der Waals surface area contributed by atoms with Gasteiger partial charge in [-0.05, 0) is 38.1 Å². The molecule has 3 unspecified atom stereocenters. The third kappa shape index (κ3) is 3.96. The van der Waals surface area contributed by atoms with Crippen LogP contribution >= 0.6 is 0 Å². The SMILES string of the molecule is CCCNC(c1cnnn1C)C1CCCC(C(F)(F)F)C1. The Bertz CT molecular complexity index is 444. The number of halogens is 3. The molecule has 0 saturated heterocycles. The molecule has 4 nitrogen and oxygen atoms in total. The average molecular weight is 304 g/mol. The molecule has 0 amide bonds. The lowest BCUT2D eigenvalue weighted by Gasteiger charge is -2.35. The van der Waals surface area contributed by atoms with Crippen LogP contribution in [0.5, 0.6) is 0 Å². The molecular weight excluding hydrogens is 281 g/mol. The minimum Gasteiger partial charge on any atom is -0.308 e. The van der Waals surface area contributed by atoms with E-state index in [1.165, 1.54) is 0 Å². The van der Waals surface area contributed by atoms with Crippen molar-refractivity contribution in [1.29, 1.82) is 0 Å². The van der Waals surface area contributed by atoms with Gasteiger partial charge in [-0.25, -0.2) is 0 Å². The lowest BCUT2D eigenvalue weighted by Crippen LogP contribution is -2.36.